The van der Waals surface area contributed by atoms with E-state index in [1.165, 1.54) is 6.92 Å². The Morgan fingerprint density at radius 1 is 1.44 bits per heavy atom. The van der Waals surface area contributed by atoms with Gasteiger partial charge in [-0.25, -0.2) is 4.79 Å². The predicted octanol–water partition coefficient (Wildman–Crippen LogP) is 1.05. The van der Waals surface area contributed by atoms with Crippen LogP contribution in [-0.2, 0) is 0 Å². The van der Waals surface area contributed by atoms with Gasteiger partial charge < -0.3 is 10.0 Å². The van der Waals surface area contributed by atoms with Crippen LogP contribution in [0.2, 0.25) is 0 Å². The Balaban J connectivity index is 3.01. The van der Waals surface area contributed by atoms with E-state index in [0.717, 1.165) is 7.05 Å². The van der Waals surface area contributed by atoms with E-state index in [-0.39, 0.29) is 5.69 Å². The smallest absolute Gasteiger partial charge is 0.406 e. The third-order valence-corrected chi connectivity index (χ3v) is 2.13. The topological polar surface area (TPSA) is 86.3 Å². The Bertz CT molecular complexity index is 481. The number of rotatable bonds is 3. The summed E-state index contributed by atoms with van der Waals surface area (Å²) in [6, 6.07) is 0. The third-order valence-electron chi connectivity index (χ3n) is 2.13. The molecule has 1 aromatic heterocycles. The maximum absolute atomic E-state index is 12.1. The van der Waals surface area contributed by atoms with Crippen LogP contribution in [0, 0.1) is 6.92 Å². The van der Waals surface area contributed by atoms with Gasteiger partial charge in [0.2, 0.25) is 0 Å². The molecule has 0 aromatic carbocycles. The van der Waals surface area contributed by atoms with Gasteiger partial charge in [-0.05, 0) is 6.92 Å². The van der Waals surface area contributed by atoms with Gasteiger partial charge in [-0.3, -0.25) is 9.89 Å². The molecule has 0 aliphatic rings. The highest BCUT2D eigenvalue weighted by Crippen LogP contribution is 2.18. The molecule has 0 aliphatic heterocycles. The van der Waals surface area contributed by atoms with Gasteiger partial charge in [0.25, 0.3) is 5.91 Å². The number of halogens is 3. The highest BCUT2D eigenvalue weighted by atomic mass is 19.4. The number of carboxylic acids is 1. The van der Waals surface area contributed by atoms with Crippen LogP contribution in [0.25, 0.3) is 0 Å². The molecule has 18 heavy (non-hydrogen) atoms. The SMILES string of the molecule is Cc1[nH]nc(C(=O)N(C)CC(F)(F)F)c1C(=O)O. The molecule has 1 heterocycles. The van der Waals surface area contributed by atoms with Gasteiger partial charge in [0.05, 0.1) is 0 Å². The van der Waals surface area contributed by atoms with Crippen LogP contribution >= 0.6 is 0 Å². The van der Waals surface area contributed by atoms with Crippen molar-refractivity contribution in [1.29, 1.82) is 0 Å². The number of carbonyl (C=O) groups excluding carboxylic acids is 1. The standard InChI is InChI=1S/C9H10F3N3O3/c1-4-5(8(17)18)6(14-13-4)7(16)15(2)3-9(10,11)12/h3H2,1-2H3,(H,13,14)(H,17,18). The van der Waals surface area contributed by atoms with Crippen molar-refractivity contribution in [2.75, 3.05) is 13.6 Å². The zero-order valence-electron chi connectivity index (χ0n) is 9.50. The number of aromatic carboxylic acids is 1. The molecule has 100 valence electrons. The van der Waals surface area contributed by atoms with Crippen molar-refractivity contribution in [3.05, 3.63) is 17.0 Å². The minimum absolute atomic E-state index is 0.103. The molecule has 0 spiro atoms. The van der Waals surface area contributed by atoms with Crippen molar-refractivity contribution < 1.29 is 27.9 Å². The first kappa shape index (κ1) is 14.0. The van der Waals surface area contributed by atoms with Crippen LogP contribution in [-0.4, -0.2) is 51.8 Å². The van der Waals surface area contributed by atoms with Crippen molar-refractivity contribution in [1.82, 2.24) is 15.1 Å². The molecule has 1 aromatic rings. The van der Waals surface area contributed by atoms with E-state index in [0.29, 0.717) is 4.90 Å². The zero-order valence-corrected chi connectivity index (χ0v) is 9.50. The molecule has 9 heteroatoms. The predicted molar refractivity (Wildman–Crippen MR) is 53.3 cm³/mol. The quantitative estimate of drug-likeness (QED) is 0.855. The lowest BCUT2D eigenvalue weighted by Gasteiger charge is -2.17. The third kappa shape index (κ3) is 2.99. The lowest BCUT2D eigenvalue weighted by atomic mass is 10.2. The number of hydrogen-bond acceptors (Lipinski definition) is 3. The average Bonchev–Trinajstić information content (AvgIpc) is 2.56. The van der Waals surface area contributed by atoms with Gasteiger partial charge in [-0.2, -0.15) is 18.3 Å². The summed E-state index contributed by atoms with van der Waals surface area (Å²) in [7, 11) is 0.922. The number of aryl methyl sites for hydroxylation is 1. The normalized spacial score (nSPS) is 11.4. The zero-order chi connectivity index (χ0) is 14.1. The molecule has 0 bridgehead atoms. The Morgan fingerprint density at radius 2 is 2.00 bits per heavy atom. The summed E-state index contributed by atoms with van der Waals surface area (Å²) < 4.78 is 36.3. The fraction of sp³-hybridized carbons (Fsp3) is 0.444. The number of aromatic nitrogens is 2. The van der Waals surface area contributed by atoms with Gasteiger partial charge in [-0.1, -0.05) is 0 Å². The molecule has 0 saturated heterocycles. The molecule has 0 unspecified atom stereocenters. The number of hydrogen-bond donors (Lipinski definition) is 2. The minimum atomic E-state index is -4.56. The van der Waals surface area contributed by atoms with Crippen LogP contribution in [0.3, 0.4) is 0 Å². The number of H-pyrrole nitrogens is 1. The number of carbonyl (C=O) groups is 2. The fourth-order valence-corrected chi connectivity index (χ4v) is 1.37. The van der Waals surface area contributed by atoms with Gasteiger partial charge in [0, 0.05) is 12.7 Å². The Kier molecular flexibility index (Phi) is 3.63. The van der Waals surface area contributed by atoms with Gasteiger partial charge in [0.1, 0.15) is 12.1 Å². The molecule has 0 atom stereocenters. The summed E-state index contributed by atoms with van der Waals surface area (Å²) in [5.41, 5.74) is -0.855. The first-order valence-electron chi connectivity index (χ1n) is 4.74. The minimum Gasteiger partial charge on any atom is -0.478 e. The Morgan fingerprint density at radius 3 is 2.44 bits per heavy atom. The van der Waals surface area contributed by atoms with Gasteiger partial charge in [0.15, 0.2) is 5.69 Å². The van der Waals surface area contributed by atoms with Gasteiger partial charge >= 0.3 is 12.1 Å². The Labute approximate surface area is 99.4 Å². The first-order valence-corrected chi connectivity index (χ1v) is 4.74. The monoisotopic (exact) mass is 265 g/mol. The maximum atomic E-state index is 12.1. The number of aromatic amines is 1. The molecule has 0 radical (unpaired) electrons. The number of amides is 1. The second-order valence-electron chi connectivity index (χ2n) is 3.65. The maximum Gasteiger partial charge on any atom is 0.406 e. The van der Waals surface area contributed by atoms with Crippen LogP contribution in [0.4, 0.5) is 13.2 Å². The van der Waals surface area contributed by atoms with E-state index < -0.39 is 35.9 Å². The average molecular weight is 265 g/mol. The lowest BCUT2D eigenvalue weighted by Crippen LogP contribution is -2.36. The molecule has 1 amide bonds. The number of nitrogens with zero attached hydrogens (tertiary/aromatic N) is 2. The summed E-state index contributed by atoms with van der Waals surface area (Å²) in [5, 5.41) is 14.5. The summed E-state index contributed by atoms with van der Waals surface area (Å²) in [4.78, 5) is 22.9. The number of carboxylic acid groups (broad SMARTS) is 1. The molecule has 1 rings (SSSR count). The number of alkyl halides is 3. The molecule has 0 saturated carbocycles. The summed E-state index contributed by atoms with van der Waals surface area (Å²) in [6.45, 7) is -0.117. The second-order valence-corrected chi connectivity index (χ2v) is 3.65. The fourth-order valence-electron chi connectivity index (χ4n) is 1.37. The highest BCUT2D eigenvalue weighted by Gasteiger charge is 2.33. The van der Waals surface area contributed by atoms with E-state index in [2.05, 4.69) is 10.2 Å². The van der Waals surface area contributed by atoms with E-state index >= 15 is 0 Å². The van der Waals surface area contributed by atoms with Crippen LogP contribution in [0.1, 0.15) is 26.5 Å². The largest absolute Gasteiger partial charge is 0.478 e. The highest BCUT2D eigenvalue weighted by molar-refractivity contribution is 6.03. The van der Waals surface area contributed by atoms with Crippen molar-refractivity contribution >= 4 is 11.9 Å². The van der Waals surface area contributed by atoms with E-state index in [1.54, 1.807) is 0 Å². The molecular formula is C9H10F3N3O3. The van der Waals surface area contributed by atoms with E-state index in [9.17, 15) is 22.8 Å². The van der Waals surface area contributed by atoms with Crippen molar-refractivity contribution in [3.63, 3.8) is 0 Å². The number of nitrogens with one attached hydrogen (secondary N) is 1. The van der Waals surface area contributed by atoms with Crippen molar-refractivity contribution in [3.8, 4) is 0 Å². The van der Waals surface area contributed by atoms with Crippen LogP contribution in [0.5, 0.6) is 0 Å². The molecule has 6 nitrogen and oxygen atoms in total. The van der Waals surface area contributed by atoms with Gasteiger partial charge in [-0.15, -0.1) is 0 Å². The van der Waals surface area contributed by atoms with E-state index in [1.807, 2.05) is 0 Å². The summed E-state index contributed by atoms with van der Waals surface area (Å²) in [5.74, 6) is -2.53. The van der Waals surface area contributed by atoms with Crippen LogP contribution < -0.4 is 0 Å². The van der Waals surface area contributed by atoms with Crippen LogP contribution in [0.15, 0.2) is 0 Å². The lowest BCUT2D eigenvalue weighted by molar-refractivity contribution is -0.138. The first-order chi connectivity index (χ1) is 8.13. The molecule has 2 N–H and O–H groups in total. The van der Waals surface area contributed by atoms with Crippen molar-refractivity contribution in [2.45, 2.75) is 13.1 Å². The molecular weight excluding hydrogens is 255 g/mol. The van der Waals surface area contributed by atoms with Crippen molar-refractivity contribution in [2.24, 2.45) is 0 Å². The summed E-state index contributed by atoms with van der Waals surface area (Å²) >= 11 is 0. The molecule has 0 fully saturated rings. The molecule has 0 aliphatic carbocycles. The summed E-state index contributed by atoms with van der Waals surface area (Å²) in [6.07, 6.45) is -4.56. The Hall–Kier alpha value is -2.06. The second kappa shape index (κ2) is 4.67. The van der Waals surface area contributed by atoms with E-state index in [4.69, 9.17) is 5.11 Å².